The zero-order valence-corrected chi connectivity index (χ0v) is 6.15. The summed E-state index contributed by atoms with van der Waals surface area (Å²) >= 11 is 3.58. The summed E-state index contributed by atoms with van der Waals surface area (Å²) in [6, 6.07) is 0. The maximum absolute atomic E-state index is 8.58. The van der Waals surface area contributed by atoms with Crippen LogP contribution in [0.1, 0.15) is 13.3 Å². The van der Waals surface area contributed by atoms with Crippen LogP contribution in [0, 0.1) is 0 Å². The van der Waals surface area contributed by atoms with Gasteiger partial charge in [0.2, 0.25) is 0 Å². The summed E-state index contributed by atoms with van der Waals surface area (Å²) < 4.78 is 0. The number of hydrogen-bond acceptors (Lipinski definition) is 3. The quantitative estimate of drug-likeness (QED) is 0.394. The molecule has 46 valence electrons. The van der Waals surface area contributed by atoms with Gasteiger partial charge in [-0.15, -0.1) is 0 Å². The van der Waals surface area contributed by atoms with Crippen molar-refractivity contribution in [3.8, 4) is 0 Å². The average Bonchev–Trinajstić information content (AvgIpc) is 1.30. The van der Waals surface area contributed by atoms with Gasteiger partial charge in [0.25, 0.3) is 0 Å². The van der Waals surface area contributed by atoms with E-state index in [1.165, 1.54) is 0 Å². The van der Waals surface area contributed by atoms with E-state index in [2.05, 4.69) is 12.2 Å². The fourth-order valence-electron chi connectivity index (χ4n) is 0.335. The third-order valence-corrected chi connectivity index (χ3v) is 2.43. The van der Waals surface area contributed by atoms with Crippen LogP contribution < -0.4 is 0 Å². The molecule has 0 aromatic heterocycles. The molecule has 0 aromatic carbocycles. The van der Waals surface area contributed by atoms with Gasteiger partial charge in [-0.2, -0.15) is 0 Å². The first-order valence-electron chi connectivity index (χ1n) is 2.23. The molecule has 0 unspecified atom stereocenters. The van der Waals surface area contributed by atoms with Crippen molar-refractivity contribution >= 4 is 19.2 Å². The van der Waals surface area contributed by atoms with Crippen molar-refractivity contribution in [2.45, 2.75) is 13.3 Å². The van der Waals surface area contributed by atoms with Gasteiger partial charge in [-0.1, -0.05) is 0 Å². The molecule has 0 saturated heterocycles. The van der Waals surface area contributed by atoms with E-state index in [0.29, 0.717) is 6.16 Å². The molecule has 0 atom stereocenters. The second-order valence-corrected chi connectivity index (χ2v) is 5.72. The SMILES string of the molecule is CCC[PH](O)(O)S. The predicted octanol–water partition coefficient (Wildman–Crippen LogP) is 0.806. The van der Waals surface area contributed by atoms with E-state index >= 15 is 0 Å². The summed E-state index contributed by atoms with van der Waals surface area (Å²) in [6.07, 6.45) is 1.25. The van der Waals surface area contributed by atoms with E-state index in [0.717, 1.165) is 6.42 Å². The molecule has 0 aliphatic rings. The maximum atomic E-state index is 8.58. The zero-order valence-electron chi connectivity index (χ0n) is 4.26. The van der Waals surface area contributed by atoms with Crippen LogP contribution in [-0.4, -0.2) is 15.9 Å². The minimum atomic E-state index is -2.96. The summed E-state index contributed by atoms with van der Waals surface area (Å²) in [7, 11) is 0. The summed E-state index contributed by atoms with van der Waals surface area (Å²) in [5, 5.41) is 0. The monoisotopic (exact) mass is 142 g/mol. The Bertz CT molecular complexity index is 51.4. The van der Waals surface area contributed by atoms with Crippen molar-refractivity contribution in [3.05, 3.63) is 0 Å². The second-order valence-electron chi connectivity index (χ2n) is 1.52. The molecule has 0 radical (unpaired) electrons. The first-order valence-corrected chi connectivity index (χ1v) is 5.62. The molecule has 0 saturated carbocycles. The molecular weight excluding hydrogens is 131 g/mol. The number of rotatable bonds is 2. The topological polar surface area (TPSA) is 40.5 Å². The van der Waals surface area contributed by atoms with Crippen LogP contribution in [0.3, 0.4) is 0 Å². The summed E-state index contributed by atoms with van der Waals surface area (Å²) in [5.74, 6) is 0. The molecule has 0 aliphatic heterocycles. The molecule has 0 bridgehead atoms. The Hall–Kier alpha value is 0.700. The van der Waals surface area contributed by atoms with Crippen molar-refractivity contribution in [2.75, 3.05) is 6.16 Å². The molecule has 2 nitrogen and oxygen atoms in total. The molecule has 0 rings (SSSR count). The Morgan fingerprint density at radius 3 is 2.00 bits per heavy atom. The van der Waals surface area contributed by atoms with E-state index in [1.807, 2.05) is 6.92 Å². The molecule has 0 aromatic rings. The van der Waals surface area contributed by atoms with Gasteiger partial charge in [-0.05, 0) is 0 Å². The fourth-order valence-corrected chi connectivity index (χ4v) is 1.68. The van der Waals surface area contributed by atoms with Gasteiger partial charge in [0.05, 0.1) is 0 Å². The van der Waals surface area contributed by atoms with E-state index < -0.39 is 6.92 Å². The Labute approximate surface area is 49.2 Å². The van der Waals surface area contributed by atoms with Crippen LogP contribution in [0.2, 0.25) is 0 Å². The Kier molecular flexibility index (Phi) is 3.16. The Morgan fingerprint density at radius 2 is 2.00 bits per heavy atom. The summed E-state index contributed by atoms with van der Waals surface area (Å²) in [4.78, 5) is 17.2. The fraction of sp³-hybridized carbons (Fsp3) is 1.00. The van der Waals surface area contributed by atoms with Crippen molar-refractivity contribution in [2.24, 2.45) is 0 Å². The van der Waals surface area contributed by atoms with Gasteiger partial charge in [-0.25, -0.2) is 0 Å². The third-order valence-electron chi connectivity index (χ3n) is 0.585. The van der Waals surface area contributed by atoms with E-state index in [9.17, 15) is 0 Å². The van der Waals surface area contributed by atoms with E-state index in [1.54, 1.807) is 0 Å². The molecule has 0 spiro atoms. The van der Waals surface area contributed by atoms with E-state index in [4.69, 9.17) is 9.79 Å². The number of thiol groups is 1. The molecule has 4 heteroatoms. The molecule has 0 fully saturated rings. The second kappa shape index (κ2) is 2.88. The predicted molar refractivity (Wildman–Crippen MR) is 36.9 cm³/mol. The van der Waals surface area contributed by atoms with Gasteiger partial charge in [-0.3, -0.25) is 0 Å². The van der Waals surface area contributed by atoms with Gasteiger partial charge < -0.3 is 0 Å². The minimum absolute atomic E-state index is 0.454. The molecule has 0 aliphatic carbocycles. The van der Waals surface area contributed by atoms with Crippen molar-refractivity contribution in [1.29, 1.82) is 0 Å². The van der Waals surface area contributed by atoms with Crippen LogP contribution in [-0.2, 0) is 0 Å². The molecule has 0 heterocycles. The normalized spacial score (nSPS) is 14.3. The van der Waals surface area contributed by atoms with Gasteiger partial charge >= 0.3 is 48.5 Å². The molecule has 0 amide bonds. The zero-order chi connectivity index (χ0) is 5.91. The Morgan fingerprint density at radius 1 is 1.57 bits per heavy atom. The molecule has 7 heavy (non-hydrogen) atoms. The summed E-state index contributed by atoms with van der Waals surface area (Å²) in [5.41, 5.74) is 0. The van der Waals surface area contributed by atoms with Crippen LogP contribution in [0.25, 0.3) is 0 Å². The van der Waals surface area contributed by atoms with Crippen molar-refractivity contribution in [1.82, 2.24) is 0 Å². The van der Waals surface area contributed by atoms with Crippen LogP contribution in [0.5, 0.6) is 0 Å². The number of hydrogen-bond donors (Lipinski definition) is 3. The van der Waals surface area contributed by atoms with Gasteiger partial charge in [0.15, 0.2) is 0 Å². The Balaban J connectivity index is 3.15. The van der Waals surface area contributed by atoms with Crippen LogP contribution >= 0.6 is 19.2 Å². The average molecular weight is 142 g/mol. The van der Waals surface area contributed by atoms with Crippen LogP contribution in [0.4, 0.5) is 0 Å². The van der Waals surface area contributed by atoms with Crippen molar-refractivity contribution < 1.29 is 9.79 Å². The molecule has 2 N–H and O–H groups in total. The first-order chi connectivity index (χ1) is 3.06. The van der Waals surface area contributed by atoms with Gasteiger partial charge in [0, 0.05) is 0 Å². The van der Waals surface area contributed by atoms with E-state index in [-0.39, 0.29) is 0 Å². The molecular formula is C3H11O2PS. The summed E-state index contributed by atoms with van der Waals surface area (Å²) in [6.45, 7) is -1.07. The standard InChI is InChI=1S/C3H11O2PS/c1-2-3-6(4,5)7/h4-7H,2-3H2,1H3. The first kappa shape index (κ1) is 7.70. The van der Waals surface area contributed by atoms with Gasteiger partial charge in [0.1, 0.15) is 0 Å². The van der Waals surface area contributed by atoms with Crippen molar-refractivity contribution in [3.63, 3.8) is 0 Å². The van der Waals surface area contributed by atoms with Crippen LogP contribution in [0.15, 0.2) is 0 Å². The third kappa shape index (κ3) is 6.70.